The number of hydrogen-bond donors (Lipinski definition) is 0. The van der Waals surface area contributed by atoms with Crippen LogP contribution in [0.3, 0.4) is 0 Å². The molecule has 10 rings (SSSR count). The molecule has 2 heterocycles. The van der Waals surface area contributed by atoms with E-state index in [9.17, 15) is 2.74 Å². The summed E-state index contributed by atoms with van der Waals surface area (Å²) in [5.74, 6) is 0.209. The van der Waals surface area contributed by atoms with E-state index in [0.717, 1.165) is 29.5 Å². The minimum absolute atomic E-state index is 0.00877. The molecule has 1 aliphatic rings. The summed E-state index contributed by atoms with van der Waals surface area (Å²) in [6.07, 6.45) is 5.53. The Morgan fingerprint density at radius 2 is 1.07 bits per heavy atom. The van der Waals surface area contributed by atoms with Crippen LogP contribution in [0.5, 0.6) is 0 Å². The largest absolute Gasteiger partial charge is 0.316 e. The van der Waals surface area contributed by atoms with Crippen LogP contribution in [0.25, 0.3) is 66.6 Å². The smallest absolute Gasteiger partial charge is 0.0645 e. The molecule has 278 valence electrons. The van der Waals surface area contributed by atoms with Gasteiger partial charge in [0.05, 0.1) is 22.0 Å². The zero-order valence-corrected chi connectivity index (χ0v) is 32.7. The van der Waals surface area contributed by atoms with Crippen LogP contribution in [0.1, 0.15) is 85.6 Å². The predicted octanol–water partition coefficient (Wildman–Crippen LogP) is 14.9. The molecule has 1 aliphatic carbocycles. The molecule has 0 radical (unpaired) electrons. The summed E-state index contributed by atoms with van der Waals surface area (Å²) in [4.78, 5) is 0. The third kappa shape index (κ3) is 5.94. The summed E-state index contributed by atoms with van der Waals surface area (Å²) < 4.78 is 75.5. The van der Waals surface area contributed by atoms with Gasteiger partial charge in [0.15, 0.2) is 0 Å². The fourth-order valence-corrected chi connectivity index (χ4v) is 9.22. The van der Waals surface area contributed by atoms with Gasteiger partial charge in [-0.1, -0.05) is 167 Å². The maximum atomic E-state index is 9.28. The molecule has 0 aliphatic heterocycles. The van der Waals surface area contributed by atoms with Crippen LogP contribution in [0.15, 0.2) is 182 Å². The maximum absolute atomic E-state index is 9.28. The standard InChI is InChI=1S/C55H48N2/c1-5-38(41-28-29-46-45-22-12-15-25-51(45)55(3,4)52(46)33-41)30-37(2)42-31-43(56-35-49(39-18-8-6-9-19-39)47-23-13-16-26-53(47)56)34-44(32-42)57-36-50(40-20-10-7-11-21-40)48-24-14-17-27-54(48)57/h6-29,31-38H,5,30H2,1-4H3/i13D,14D,16D,17D,23D,24D,26D,27D. The molecule has 0 saturated carbocycles. The van der Waals surface area contributed by atoms with Gasteiger partial charge in [-0.05, 0) is 99.5 Å². The topological polar surface area (TPSA) is 9.86 Å². The number of aromatic nitrogens is 2. The first-order chi connectivity index (χ1) is 31.2. The highest BCUT2D eigenvalue weighted by Crippen LogP contribution is 2.50. The van der Waals surface area contributed by atoms with Crippen molar-refractivity contribution in [3.63, 3.8) is 0 Å². The lowest BCUT2D eigenvalue weighted by Gasteiger charge is -2.25. The molecule has 2 nitrogen and oxygen atoms in total. The Morgan fingerprint density at radius 3 is 1.65 bits per heavy atom. The Labute approximate surface area is 347 Å². The lowest BCUT2D eigenvalue weighted by atomic mass is 9.79. The van der Waals surface area contributed by atoms with Crippen LogP contribution in [0, 0.1) is 0 Å². The van der Waals surface area contributed by atoms with Crippen LogP contribution in [0.2, 0.25) is 0 Å². The first-order valence-corrected chi connectivity index (χ1v) is 19.9. The second-order valence-electron chi connectivity index (χ2n) is 16.0. The normalized spacial score (nSPS) is 16.1. The lowest BCUT2D eigenvalue weighted by Crippen LogP contribution is -2.15. The van der Waals surface area contributed by atoms with E-state index < -0.39 is 0 Å². The zero-order chi connectivity index (χ0) is 45.6. The highest BCUT2D eigenvalue weighted by Gasteiger charge is 2.35. The predicted molar refractivity (Wildman–Crippen MR) is 241 cm³/mol. The molecule has 57 heavy (non-hydrogen) atoms. The monoisotopic (exact) mass is 744 g/mol. The van der Waals surface area contributed by atoms with Gasteiger partial charge in [-0.15, -0.1) is 0 Å². The van der Waals surface area contributed by atoms with E-state index in [0.29, 0.717) is 44.3 Å². The van der Waals surface area contributed by atoms with Gasteiger partial charge in [-0.25, -0.2) is 0 Å². The van der Waals surface area contributed by atoms with Gasteiger partial charge in [0.2, 0.25) is 0 Å². The second-order valence-corrected chi connectivity index (χ2v) is 16.0. The zero-order valence-electron chi connectivity index (χ0n) is 40.7. The minimum atomic E-state index is -0.322. The number of fused-ring (bicyclic) bond motifs is 5. The number of benzene rings is 7. The summed E-state index contributed by atoms with van der Waals surface area (Å²) in [5.41, 5.74) is 12.4. The van der Waals surface area contributed by atoms with Crippen LogP contribution >= 0.6 is 0 Å². The molecular weight excluding hydrogens is 689 g/mol. The van der Waals surface area contributed by atoms with E-state index in [1.807, 2.05) is 88.3 Å². The van der Waals surface area contributed by atoms with Gasteiger partial charge >= 0.3 is 0 Å². The number of hydrogen-bond acceptors (Lipinski definition) is 0. The summed E-state index contributed by atoms with van der Waals surface area (Å²) in [5, 5.41) is 0.837. The summed E-state index contributed by atoms with van der Waals surface area (Å²) >= 11 is 0. The first kappa shape index (κ1) is 27.3. The minimum Gasteiger partial charge on any atom is -0.316 e. The Bertz CT molecular complexity index is 3210. The summed E-state index contributed by atoms with van der Waals surface area (Å²) in [6, 6.07) is 39.3. The molecule has 7 aromatic carbocycles. The molecular formula is C55H48N2. The van der Waals surface area contributed by atoms with E-state index in [-0.39, 0.29) is 65.6 Å². The highest BCUT2D eigenvalue weighted by molar-refractivity contribution is 5.98. The van der Waals surface area contributed by atoms with Gasteiger partial charge in [0, 0.05) is 51.1 Å². The van der Waals surface area contributed by atoms with Crippen LogP contribution in [-0.4, -0.2) is 9.13 Å². The Hall–Kier alpha value is -6.38. The maximum Gasteiger partial charge on any atom is 0.0645 e. The molecule has 0 fully saturated rings. The van der Waals surface area contributed by atoms with E-state index in [1.54, 1.807) is 0 Å². The van der Waals surface area contributed by atoms with E-state index >= 15 is 0 Å². The van der Waals surface area contributed by atoms with Gasteiger partial charge in [0.1, 0.15) is 0 Å². The summed E-state index contributed by atoms with van der Waals surface area (Å²) in [6.45, 7) is 9.08. The van der Waals surface area contributed by atoms with Crippen LogP contribution in [-0.2, 0) is 5.41 Å². The number of para-hydroxylation sites is 2. The van der Waals surface area contributed by atoms with Crippen molar-refractivity contribution in [2.24, 2.45) is 0 Å². The number of rotatable bonds is 9. The van der Waals surface area contributed by atoms with Gasteiger partial charge in [0.25, 0.3) is 0 Å². The molecule has 0 bridgehead atoms. The highest BCUT2D eigenvalue weighted by atomic mass is 15.0. The molecule has 0 N–H and O–H groups in total. The van der Waals surface area contributed by atoms with Crippen molar-refractivity contribution in [1.29, 1.82) is 0 Å². The second kappa shape index (κ2) is 14.0. The third-order valence-corrected chi connectivity index (χ3v) is 12.3. The van der Waals surface area contributed by atoms with E-state index in [2.05, 4.69) is 82.3 Å². The fraction of sp³-hybridized carbons (Fsp3) is 0.164. The molecule has 2 atom stereocenters. The van der Waals surface area contributed by atoms with Gasteiger partial charge in [-0.2, -0.15) is 0 Å². The Morgan fingerprint density at radius 1 is 0.544 bits per heavy atom. The molecule has 2 heteroatoms. The molecule has 9 aromatic rings. The first-order valence-electron chi connectivity index (χ1n) is 23.9. The Kier molecular flexibility index (Phi) is 6.68. The third-order valence-electron chi connectivity index (χ3n) is 12.3. The lowest BCUT2D eigenvalue weighted by molar-refractivity contribution is 0.542. The van der Waals surface area contributed by atoms with E-state index in [1.165, 1.54) is 27.8 Å². The molecule has 0 spiro atoms. The average Bonchev–Trinajstić information content (AvgIpc) is 4.00. The van der Waals surface area contributed by atoms with Gasteiger partial charge < -0.3 is 9.13 Å². The summed E-state index contributed by atoms with van der Waals surface area (Å²) in [7, 11) is 0. The fourth-order valence-electron chi connectivity index (χ4n) is 9.22. The quantitative estimate of drug-likeness (QED) is 0.139. The SMILES string of the molecule is [2H]c1c([2H])c([2H])c2c(c(-c3ccccc3)cn2-c2cc(C(C)CC(CC)c3ccc4c(c3)C(C)(C)c3ccccc3-4)cc(-n3cc(-c4ccccc4)c4c([2H])c([2H])c([2H])c([2H])c43)c2)c1[2H]. The van der Waals surface area contributed by atoms with Crippen molar-refractivity contribution in [3.8, 4) is 44.8 Å². The van der Waals surface area contributed by atoms with Crippen molar-refractivity contribution in [3.05, 3.63) is 204 Å². The van der Waals surface area contributed by atoms with Crippen molar-refractivity contribution in [1.82, 2.24) is 9.13 Å². The van der Waals surface area contributed by atoms with Crippen molar-refractivity contribution in [2.45, 2.75) is 57.8 Å². The van der Waals surface area contributed by atoms with Gasteiger partial charge in [-0.3, -0.25) is 0 Å². The van der Waals surface area contributed by atoms with Crippen LogP contribution in [0.4, 0.5) is 0 Å². The van der Waals surface area contributed by atoms with Crippen molar-refractivity contribution >= 4 is 21.8 Å². The molecule has 0 saturated heterocycles. The van der Waals surface area contributed by atoms with Crippen LogP contribution < -0.4 is 0 Å². The van der Waals surface area contributed by atoms with Crippen molar-refractivity contribution in [2.75, 3.05) is 0 Å². The molecule has 0 amide bonds. The van der Waals surface area contributed by atoms with Crippen molar-refractivity contribution < 1.29 is 11.0 Å². The molecule has 2 aromatic heterocycles. The molecule has 2 unspecified atom stereocenters. The Balaban J connectivity index is 1.19. The number of nitrogens with zero attached hydrogens (tertiary/aromatic N) is 2. The average molecular weight is 745 g/mol. The van der Waals surface area contributed by atoms with E-state index in [4.69, 9.17) is 8.22 Å².